The van der Waals surface area contributed by atoms with Gasteiger partial charge in [-0.2, -0.15) is 5.10 Å². The average molecular weight is 264 g/mol. The van der Waals surface area contributed by atoms with Crippen LogP contribution in [0.5, 0.6) is 0 Å². The number of benzene rings is 1. The summed E-state index contributed by atoms with van der Waals surface area (Å²) in [5.74, 6) is -0.331. The summed E-state index contributed by atoms with van der Waals surface area (Å²) in [7, 11) is 3.23. The van der Waals surface area contributed by atoms with Crippen molar-refractivity contribution in [2.75, 3.05) is 19.5 Å². The lowest BCUT2D eigenvalue weighted by Crippen LogP contribution is -2.38. The Hall–Kier alpha value is -1.95. The molecule has 0 radical (unpaired) electrons. The van der Waals surface area contributed by atoms with Gasteiger partial charge in [-0.1, -0.05) is 29.9 Å². The maximum Gasteiger partial charge on any atom is 0.276 e. The van der Waals surface area contributed by atoms with Gasteiger partial charge in [0.1, 0.15) is 4.99 Å². The number of hydrogen-bond donors (Lipinski definition) is 2. The minimum atomic E-state index is -0.331. The number of hydrogen-bond acceptors (Lipinski definition) is 4. The van der Waals surface area contributed by atoms with E-state index >= 15 is 0 Å². The number of nitrogens with two attached hydrogens (primary N) is 1. The summed E-state index contributed by atoms with van der Waals surface area (Å²) in [6, 6.07) is 7.59. The monoisotopic (exact) mass is 264 g/mol. The van der Waals surface area contributed by atoms with Crippen LogP contribution in [0.4, 0.5) is 5.69 Å². The molecule has 0 saturated heterocycles. The summed E-state index contributed by atoms with van der Waals surface area (Å²) >= 11 is 4.81. The lowest BCUT2D eigenvalue weighted by atomic mass is 10.2. The Kier molecular flexibility index (Phi) is 4.79. The Labute approximate surface area is 112 Å². The van der Waals surface area contributed by atoms with Gasteiger partial charge in [-0.15, -0.1) is 0 Å². The summed E-state index contributed by atoms with van der Waals surface area (Å²) < 4.78 is 0. The van der Waals surface area contributed by atoms with E-state index in [-0.39, 0.29) is 16.6 Å². The highest BCUT2D eigenvalue weighted by Gasteiger charge is 2.16. The van der Waals surface area contributed by atoms with Gasteiger partial charge in [-0.05, 0) is 19.1 Å². The lowest BCUT2D eigenvalue weighted by molar-refractivity contribution is -0.121. The molecule has 6 heteroatoms. The fourth-order valence-electron chi connectivity index (χ4n) is 1.17. The van der Waals surface area contributed by atoms with E-state index in [0.717, 1.165) is 11.3 Å². The van der Waals surface area contributed by atoms with E-state index in [0.29, 0.717) is 0 Å². The van der Waals surface area contributed by atoms with Gasteiger partial charge in [-0.25, -0.2) is 0 Å². The molecule has 5 nitrogen and oxygen atoms in total. The van der Waals surface area contributed by atoms with Crippen molar-refractivity contribution in [2.45, 2.75) is 6.92 Å². The van der Waals surface area contributed by atoms with Gasteiger partial charge >= 0.3 is 0 Å². The van der Waals surface area contributed by atoms with Gasteiger partial charge in [0.25, 0.3) is 5.91 Å². The molecule has 0 unspecified atom stereocenters. The third-order valence-corrected chi connectivity index (χ3v) is 2.38. The van der Waals surface area contributed by atoms with Gasteiger partial charge < -0.3 is 10.6 Å². The molecule has 1 rings (SSSR count). The highest BCUT2D eigenvalue weighted by molar-refractivity contribution is 7.82. The Morgan fingerprint density at radius 3 is 2.33 bits per heavy atom. The molecule has 18 heavy (non-hydrogen) atoms. The highest BCUT2D eigenvalue weighted by Crippen LogP contribution is 2.08. The second kappa shape index (κ2) is 6.11. The summed E-state index contributed by atoms with van der Waals surface area (Å²) in [4.78, 5) is 13.1. The molecule has 0 atom stereocenters. The molecule has 0 aliphatic heterocycles. The Balaban J connectivity index is 2.87. The molecule has 1 amide bonds. The first-order valence-corrected chi connectivity index (χ1v) is 5.74. The van der Waals surface area contributed by atoms with E-state index in [1.165, 1.54) is 4.90 Å². The minimum absolute atomic E-state index is 0.0340. The van der Waals surface area contributed by atoms with E-state index in [1.807, 2.05) is 31.2 Å². The van der Waals surface area contributed by atoms with Crippen LogP contribution >= 0.6 is 12.2 Å². The summed E-state index contributed by atoms with van der Waals surface area (Å²) in [6.45, 7) is 1.99. The Morgan fingerprint density at radius 2 is 1.89 bits per heavy atom. The molecule has 0 aliphatic carbocycles. The van der Waals surface area contributed by atoms with Crippen molar-refractivity contribution in [3.8, 4) is 0 Å². The number of anilines is 1. The van der Waals surface area contributed by atoms with Crippen LogP contribution in [0.25, 0.3) is 0 Å². The molecule has 0 bridgehead atoms. The van der Waals surface area contributed by atoms with Crippen molar-refractivity contribution < 1.29 is 4.79 Å². The first-order valence-electron chi connectivity index (χ1n) is 5.33. The Morgan fingerprint density at radius 1 is 1.33 bits per heavy atom. The topological polar surface area (TPSA) is 70.7 Å². The summed E-state index contributed by atoms with van der Waals surface area (Å²) in [6.07, 6.45) is 0. The van der Waals surface area contributed by atoms with Crippen molar-refractivity contribution in [2.24, 2.45) is 10.8 Å². The quantitative estimate of drug-likeness (QED) is 0.486. The summed E-state index contributed by atoms with van der Waals surface area (Å²) in [5.41, 5.74) is 10.2. The zero-order valence-electron chi connectivity index (χ0n) is 10.6. The first-order chi connectivity index (χ1) is 8.41. The van der Waals surface area contributed by atoms with Crippen LogP contribution in [-0.2, 0) is 4.79 Å². The molecular weight excluding hydrogens is 248 g/mol. The van der Waals surface area contributed by atoms with Crippen LogP contribution in [0, 0.1) is 6.92 Å². The van der Waals surface area contributed by atoms with Crippen molar-refractivity contribution in [1.82, 2.24) is 4.90 Å². The van der Waals surface area contributed by atoms with E-state index < -0.39 is 0 Å². The molecule has 0 aromatic heterocycles. The van der Waals surface area contributed by atoms with Crippen molar-refractivity contribution in [1.29, 1.82) is 0 Å². The molecule has 0 fully saturated rings. The zero-order valence-corrected chi connectivity index (χ0v) is 11.4. The largest absolute Gasteiger partial charge is 0.388 e. The van der Waals surface area contributed by atoms with Gasteiger partial charge in [0.2, 0.25) is 0 Å². The zero-order chi connectivity index (χ0) is 13.7. The normalized spacial score (nSPS) is 10.9. The smallest absolute Gasteiger partial charge is 0.276 e. The third-order valence-electron chi connectivity index (χ3n) is 2.19. The maximum atomic E-state index is 11.7. The molecule has 1 aromatic rings. The fraction of sp³-hybridized carbons (Fsp3) is 0.250. The molecule has 96 valence electrons. The molecule has 0 spiro atoms. The second-order valence-corrected chi connectivity index (χ2v) is 4.44. The Bertz CT molecular complexity index is 479. The van der Waals surface area contributed by atoms with Crippen LogP contribution in [-0.4, -0.2) is 35.6 Å². The number of amides is 1. The fourth-order valence-corrected chi connectivity index (χ4v) is 1.30. The number of aryl methyl sites for hydroxylation is 1. The minimum Gasteiger partial charge on any atom is -0.388 e. The molecule has 0 saturated carbocycles. The molecule has 3 N–H and O–H groups in total. The van der Waals surface area contributed by atoms with Crippen LogP contribution in [0.3, 0.4) is 0 Å². The van der Waals surface area contributed by atoms with Crippen molar-refractivity contribution in [3.63, 3.8) is 0 Å². The van der Waals surface area contributed by atoms with E-state index in [2.05, 4.69) is 10.5 Å². The number of carbonyl (C=O) groups excluding carboxylic acids is 1. The molecule has 1 aromatic carbocycles. The number of nitrogens with one attached hydrogen (secondary N) is 1. The number of hydrazone groups is 1. The number of thiocarbonyl (C=S) groups is 1. The average Bonchev–Trinajstić information content (AvgIpc) is 2.31. The second-order valence-electron chi connectivity index (χ2n) is 4.00. The first kappa shape index (κ1) is 14.1. The SMILES string of the molecule is Cc1ccc(N/N=C(/C(=O)N(C)C)C(N)=S)cc1. The van der Waals surface area contributed by atoms with Crippen LogP contribution in [0.2, 0.25) is 0 Å². The van der Waals surface area contributed by atoms with Crippen LogP contribution in [0.15, 0.2) is 29.4 Å². The van der Waals surface area contributed by atoms with Gasteiger partial charge in [0, 0.05) is 14.1 Å². The predicted molar refractivity (Wildman–Crippen MR) is 77.7 cm³/mol. The summed E-state index contributed by atoms with van der Waals surface area (Å²) in [5, 5.41) is 3.95. The predicted octanol–water partition coefficient (Wildman–Crippen LogP) is 1.14. The van der Waals surface area contributed by atoms with E-state index in [4.69, 9.17) is 18.0 Å². The van der Waals surface area contributed by atoms with Crippen molar-refractivity contribution >= 4 is 34.5 Å². The van der Waals surface area contributed by atoms with E-state index in [9.17, 15) is 4.79 Å². The van der Waals surface area contributed by atoms with Gasteiger partial charge in [-0.3, -0.25) is 10.2 Å². The number of nitrogens with zero attached hydrogens (tertiary/aromatic N) is 2. The molecular formula is C12H16N4OS. The van der Waals surface area contributed by atoms with Crippen molar-refractivity contribution in [3.05, 3.63) is 29.8 Å². The lowest BCUT2D eigenvalue weighted by Gasteiger charge is -2.11. The van der Waals surface area contributed by atoms with Gasteiger partial charge in [0.05, 0.1) is 5.69 Å². The van der Waals surface area contributed by atoms with Crippen LogP contribution in [0.1, 0.15) is 5.56 Å². The van der Waals surface area contributed by atoms with E-state index in [1.54, 1.807) is 14.1 Å². The number of carbonyl (C=O) groups is 1. The molecule has 0 heterocycles. The highest BCUT2D eigenvalue weighted by atomic mass is 32.1. The maximum absolute atomic E-state index is 11.7. The standard InChI is InChI=1S/C12H16N4OS/c1-8-4-6-9(7-5-8)14-15-10(11(13)18)12(17)16(2)3/h4-7,14H,1-3H3,(H2,13,18)/b15-10+. The van der Waals surface area contributed by atoms with Gasteiger partial charge in [0.15, 0.2) is 5.71 Å². The molecule has 0 aliphatic rings. The third kappa shape index (κ3) is 3.81. The number of rotatable bonds is 4. The van der Waals surface area contributed by atoms with Crippen LogP contribution < -0.4 is 11.2 Å².